The van der Waals surface area contributed by atoms with Crippen molar-refractivity contribution in [1.29, 1.82) is 0 Å². The molecule has 2 aromatic heterocycles. The maximum atomic E-state index is 11.8. The molecule has 4 heterocycles. The van der Waals surface area contributed by atoms with Crippen LogP contribution in [0, 0.1) is 0 Å². The van der Waals surface area contributed by atoms with Crippen molar-refractivity contribution in [1.82, 2.24) is 19.4 Å². The molecular formula is C28H36N6O3. The normalized spacial score (nSPS) is 18.3. The molecule has 9 nitrogen and oxygen atoms in total. The number of nitrogens with zero attached hydrogens (tertiary/aromatic N) is 6. The van der Waals surface area contributed by atoms with Gasteiger partial charge in [-0.25, -0.2) is 4.98 Å². The summed E-state index contributed by atoms with van der Waals surface area (Å²) in [5.41, 5.74) is 2.49. The average molecular weight is 505 g/mol. The standard InChI is InChI=1S/C28H36N6O3/c1-18(2)34-17-24-25(27(34)37)29-28(32-14-12-31(13-15-32)20(4)36)30-26(24)33-11-5-6-23(33)16-21-7-9-22(10-8-21)19(3)35/h7-10,17-18,23,37H,5-6,11-16H2,1-4H3. The molecule has 2 aliphatic rings. The van der Waals surface area contributed by atoms with E-state index < -0.39 is 0 Å². The van der Waals surface area contributed by atoms with Crippen LogP contribution in [0.4, 0.5) is 11.8 Å². The van der Waals surface area contributed by atoms with Crippen LogP contribution in [0.1, 0.15) is 62.5 Å². The number of fused-ring (bicyclic) bond motifs is 1. The van der Waals surface area contributed by atoms with Crippen molar-refractivity contribution >= 4 is 34.4 Å². The van der Waals surface area contributed by atoms with Gasteiger partial charge in [0.15, 0.2) is 5.78 Å². The Morgan fingerprint density at radius 2 is 1.73 bits per heavy atom. The first-order chi connectivity index (χ1) is 17.7. The topological polar surface area (TPSA) is 94.8 Å². The Bertz CT molecular complexity index is 1310. The molecule has 9 heteroatoms. The second-order valence-electron chi connectivity index (χ2n) is 10.5. The van der Waals surface area contributed by atoms with Gasteiger partial charge in [-0.1, -0.05) is 24.3 Å². The highest BCUT2D eigenvalue weighted by molar-refractivity contribution is 5.95. The molecule has 1 unspecified atom stereocenters. The number of anilines is 2. The largest absolute Gasteiger partial charge is 0.493 e. The highest BCUT2D eigenvalue weighted by Gasteiger charge is 2.31. The van der Waals surface area contributed by atoms with Crippen LogP contribution in [-0.4, -0.2) is 75.0 Å². The fourth-order valence-corrected chi connectivity index (χ4v) is 5.51. The fourth-order valence-electron chi connectivity index (χ4n) is 5.51. The summed E-state index contributed by atoms with van der Waals surface area (Å²) in [4.78, 5) is 39.7. The third-order valence-corrected chi connectivity index (χ3v) is 7.68. The van der Waals surface area contributed by atoms with Crippen molar-refractivity contribution in [2.45, 2.75) is 59.0 Å². The van der Waals surface area contributed by atoms with E-state index in [0.717, 1.165) is 42.6 Å². The minimum atomic E-state index is 0.0727. The van der Waals surface area contributed by atoms with E-state index in [1.165, 1.54) is 5.56 Å². The van der Waals surface area contributed by atoms with Crippen LogP contribution in [0.15, 0.2) is 30.5 Å². The second kappa shape index (κ2) is 10.0. The minimum absolute atomic E-state index is 0.0727. The van der Waals surface area contributed by atoms with Gasteiger partial charge < -0.3 is 24.4 Å². The Balaban J connectivity index is 1.50. The number of carbonyl (C=O) groups is 2. The molecule has 196 valence electrons. The first-order valence-corrected chi connectivity index (χ1v) is 13.2. The molecule has 1 atom stereocenters. The third kappa shape index (κ3) is 4.86. The van der Waals surface area contributed by atoms with Crippen LogP contribution in [0.25, 0.3) is 10.9 Å². The summed E-state index contributed by atoms with van der Waals surface area (Å²) in [6.07, 6.45) is 4.93. The number of hydrogen-bond donors (Lipinski definition) is 1. The van der Waals surface area contributed by atoms with E-state index in [9.17, 15) is 14.7 Å². The third-order valence-electron chi connectivity index (χ3n) is 7.68. The first kappa shape index (κ1) is 25.0. The van der Waals surface area contributed by atoms with Crippen molar-refractivity contribution in [3.63, 3.8) is 0 Å². The number of aromatic hydroxyl groups is 1. The van der Waals surface area contributed by atoms with Gasteiger partial charge in [0, 0.05) is 63.5 Å². The van der Waals surface area contributed by atoms with E-state index in [1.807, 2.05) is 53.8 Å². The predicted molar refractivity (Wildman–Crippen MR) is 145 cm³/mol. The van der Waals surface area contributed by atoms with Gasteiger partial charge in [0.2, 0.25) is 17.7 Å². The Kier molecular flexibility index (Phi) is 6.79. The lowest BCUT2D eigenvalue weighted by molar-refractivity contribution is -0.129. The smallest absolute Gasteiger partial charge is 0.228 e. The Labute approximate surface area is 217 Å². The maximum absolute atomic E-state index is 11.8. The predicted octanol–water partition coefficient (Wildman–Crippen LogP) is 3.80. The monoisotopic (exact) mass is 504 g/mol. The molecule has 0 saturated carbocycles. The zero-order valence-corrected chi connectivity index (χ0v) is 22.1. The van der Waals surface area contributed by atoms with Crippen LogP contribution in [0.5, 0.6) is 5.88 Å². The lowest BCUT2D eigenvalue weighted by atomic mass is 10.0. The van der Waals surface area contributed by atoms with E-state index >= 15 is 0 Å². The number of hydrogen-bond acceptors (Lipinski definition) is 7. The number of rotatable bonds is 6. The zero-order chi connectivity index (χ0) is 26.3. The van der Waals surface area contributed by atoms with Gasteiger partial charge in [0.05, 0.1) is 5.39 Å². The molecule has 2 aliphatic heterocycles. The highest BCUT2D eigenvalue weighted by Crippen LogP contribution is 2.38. The van der Waals surface area contributed by atoms with E-state index in [2.05, 4.69) is 9.80 Å². The first-order valence-electron chi connectivity index (χ1n) is 13.2. The van der Waals surface area contributed by atoms with E-state index in [1.54, 1.807) is 13.8 Å². The number of piperazine rings is 1. The molecule has 3 aromatic rings. The van der Waals surface area contributed by atoms with Gasteiger partial charge in [0.1, 0.15) is 11.3 Å². The molecule has 2 saturated heterocycles. The van der Waals surface area contributed by atoms with Gasteiger partial charge in [-0.3, -0.25) is 9.59 Å². The Hall–Kier alpha value is -3.62. The maximum Gasteiger partial charge on any atom is 0.228 e. The van der Waals surface area contributed by atoms with Crippen LogP contribution < -0.4 is 9.80 Å². The van der Waals surface area contributed by atoms with Crippen LogP contribution in [-0.2, 0) is 11.2 Å². The number of Topliss-reactive ketones (excluding diaryl/α,β-unsaturated/α-hetero) is 1. The lowest BCUT2D eigenvalue weighted by Crippen LogP contribution is -2.48. The summed E-state index contributed by atoms with van der Waals surface area (Å²) >= 11 is 0. The van der Waals surface area contributed by atoms with Crippen molar-refractivity contribution in [3.05, 3.63) is 41.6 Å². The highest BCUT2D eigenvalue weighted by atomic mass is 16.3. The van der Waals surface area contributed by atoms with Crippen LogP contribution >= 0.6 is 0 Å². The zero-order valence-electron chi connectivity index (χ0n) is 22.1. The number of amides is 1. The molecule has 0 spiro atoms. The number of benzene rings is 1. The molecule has 5 rings (SSSR count). The molecular weight excluding hydrogens is 468 g/mol. The van der Waals surface area contributed by atoms with Gasteiger partial charge in [-0.2, -0.15) is 4.98 Å². The number of carbonyl (C=O) groups excluding carboxylic acids is 2. The molecule has 0 radical (unpaired) electrons. The quantitative estimate of drug-likeness (QED) is 0.510. The van der Waals surface area contributed by atoms with E-state index in [4.69, 9.17) is 9.97 Å². The molecule has 0 aliphatic carbocycles. The van der Waals surface area contributed by atoms with Gasteiger partial charge in [0.25, 0.3) is 0 Å². The summed E-state index contributed by atoms with van der Waals surface area (Å²) in [6, 6.07) is 8.24. The summed E-state index contributed by atoms with van der Waals surface area (Å²) in [6.45, 7) is 10.7. The summed E-state index contributed by atoms with van der Waals surface area (Å²) in [5, 5.41) is 11.9. The minimum Gasteiger partial charge on any atom is -0.493 e. The number of ketones is 1. The van der Waals surface area contributed by atoms with Crippen molar-refractivity contribution in [2.24, 2.45) is 0 Å². The van der Waals surface area contributed by atoms with Gasteiger partial charge >= 0.3 is 0 Å². The molecule has 0 bridgehead atoms. The summed E-state index contributed by atoms with van der Waals surface area (Å²) in [7, 11) is 0. The van der Waals surface area contributed by atoms with Crippen LogP contribution in [0.2, 0.25) is 0 Å². The molecule has 37 heavy (non-hydrogen) atoms. The average Bonchev–Trinajstić information content (AvgIpc) is 3.48. The van der Waals surface area contributed by atoms with Crippen molar-refractivity contribution in [2.75, 3.05) is 42.5 Å². The SMILES string of the molecule is CC(=O)c1ccc(CC2CCCN2c2nc(N3CCN(C(C)=O)CC3)nc3c(O)n(C(C)C)cc23)cc1. The molecule has 1 amide bonds. The lowest BCUT2D eigenvalue weighted by Gasteiger charge is -2.35. The Morgan fingerprint density at radius 1 is 1.03 bits per heavy atom. The van der Waals surface area contributed by atoms with Gasteiger partial charge in [-0.15, -0.1) is 0 Å². The fraction of sp³-hybridized carbons (Fsp3) is 0.500. The van der Waals surface area contributed by atoms with Gasteiger partial charge in [-0.05, 0) is 45.6 Å². The van der Waals surface area contributed by atoms with Crippen molar-refractivity contribution in [3.8, 4) is 5.88 Å². The van der Waals surface area contributed by atoms with E-state index in [-0.39, 0.29) is 29.7 Å². The summed E-state index contributed by atoms with van der Waals surface area (Å²) < 4.78 is 1.85. The molecule has 1 N–H and O–H groups in total. The molecule has 2 fully saturated rings. The van der Waals surface area contributed by atoms with Crippen LogP contribution in [0.3, 0.4) is 0 Å². The summed E-state index contributed by atoms with van der Waals surface area (Å²) in [5.74, 6) is 1.77. The number of aromatic nitrogens is 3. The van der Waals surface area contributed by atoms with Crippen molar-refractivity contribution < 1.29 is 14.7 Å². The Morgan fingerprint density at radius 3 is 2.35 bits per heavy atom. The van der Waals surface area contributed by atoms with E-state index in [0.29, 0.717) is 37.6 Å². The second-order valence-corrected chi connectivity index (χ2v) is 10.5. The molecule has 1 aromatic carbocycles.